The van der Waals surface area contributed by atoms with E-state index in [9.17, 15) is 4.79 Å². The van der Waals surface area contributed by atoms with E-state index in [0.29, 0.717) is 19.1 Å². The minimum atomic E-state index is -0.316. The molecule has 1 fully saturated rings. The van der Waals surface area contributed by atoms with E-state index in [-0.39, 0.29) is 12.0 Å². The number of carbonyl (C=O) groups excluding carboxylic acids is 1. The van der Waals surface area contributed by atoms with Crippen molar-refractivity contribution < 1.29 is 9.53 Å². The normalized spacial score (nSPS) is 18.9. The molecule has 1 atom stereocenters. The topological polar surface area (TPSA) is 50.4 Å². The fraction of sp³-hybridized carbons (Fsp3) is 0.350. The predicted molar refractivity (Wildman–Crippen MR) is 94.0 cm³/mol. The molecule has 0 aromatic heterocycles. The fourth-order valence-corrected chi connectivity index (χ4v) is 3.77. The maximum absolute atomic E-state index is 12.0. The molecule has 24 heavy (non-hydrogen) atoms. The second-order valence-corrected chi connectivity index (χ2v) is 6.57. The van der Waals surface area contributed by atoms with Crippen LogP contribution in [0.4, 0.5) is 4.79 Å². The monoisotopic (exact) mass is 322 g/mol. The van der Waals surface area contributed by atoms with E-state index in [4.69, 9.17) is 4.74 Å². The summed E-state index contributed by atoms with van der Waals surface area (Å²) in [6.45, 7) is 3.08. The molecule has 0 bridgehead atoms. The molecule has 0 spiro atoms. The summed E-state index contributed by atoms with van der Waals surface area (Å²) in [6.07, 6.45) is 0.799. The van der Waals surface area contributed by atoms with Crippen LogP contribution >= 0.6 is 0 Å². The fourth-order valence-electron chi connectivity index (χ4n) is 3.77. The van der Waals surface area contributed by atoms with Crippen molar-refractivity contribution in [3.05, 3.63) is 59.7 Å². The van der Waals surface area contributed by atoms with E-state index in [1.807, 2.05) is 12.1 Å². The van der Waals surface area contributed by atoms with Crippen molar-refractivity contribution in [1.82, 2.24) is 10.6 Å². The van der Waals surface area contributed by atoms with Crippen molar-refractivity contribution in [2.75, 3.05) is 26.2 Å². The van der Waals surface area contributed by atoms with E-state index in [0.717, 1.165) is 19.5 Å². The highest BCUT2D eigenvalue weighted by Gasteiger charge is 2.29. The molecule has 4 rings (SSSR count). The lowest BCUT2D eigenvalue weighted by atomic mass is 9.98. The lowest BCUT2D eigenvalue weighted by Crippen LogP contribution is -2.31. The van der Waals surface area contributed by atoms with Crippen molar-refractivity contribution in [2.24, 2.45) is 5.92 Å². The number of rotatable bonds is 4. The third-order valence-corrected chi connectivity index (χ3v) is 5.04. The molecule has 124 valence electrons. The summed E-state index contributed by atoms with van der Waals surface area (Å²) in [5.41, 5.74) is 4.98. The quantitative estimate of drug-likeness (QED) is 0.909. The van der Waals surface area contributed by atoms with Crippen molar-refractivity contribution >= 4 is 6.09 Å². The lowest BCUT2D eigenvalue weighted by Gasteiger charge is -2.15. The molecule has 4 heteroatoms. The van der Waals surface area contributed by atoms with Crippen LogP contribution in [0, 0.1) is 5.92 Å². The van der Waals surface area contributed by atoms with Gasteiger partial charge in [0.05, 0.1) is 0 Å². The van der Waals surface area contributed by atoms with Crippen LogP contribution in [0.2, 0.25) is 0 Å². The number of alkyl carbamates (subject to hydrolysis) is 1. The van der Waals surface area contributed by atoms with E-state index in [2.05, 4.69) is 47.0 Å². The molecule has 1 saturated heterocycles. The number of hydrogen-bond acceptors (Lipinski definition) is 3. The SMILES string of the molecule is O=C(NCC1CCNC1)OCC1c2ccccc2-c2ccccc21. The highest BCUT2D eigenvalue weighted by Crippen LogP contribution is 2.44. The number of ether oxygens (including phenoxy) is 1. The first-order valence-corrected chi connectivity index (χ1v) is 8.62. The van der Waals surface area contributed by atoms with Gasteiger partial charge in [0, 0.05) is 12.5 Å². The summed E-state index contributed by atoms with van der Waals surface area (Å²) >= 11 is 0. The minimum Gasteiger partial charge on any atom is -0.449 e. The van der Waals surface area contributed by atoms with Crippen molar-refractivity contribution in [3.8, 4) is 11.1 Å². The van der Waals surface area contributed by atoms with Gasteiger partial charge in [0.15, 0.2) is 0 Å². The Kier molecular flexibility index (Phi) is 4.22. The number of nitrogens with one attached hydrogen (secondary N) is 2. The Morgan fingerprint density at radius 1 is 1.08 bits per heavy atom. The van der Waals surface area contributed by atoms with Gasteiger partial charge in [0.2, 0.25) is 0 Å². The Bertz CT molecular complexity index is 692. The van der Waals surface area contributed by atoms with Gasteiger partial charge in [-0.3, -0.25) is 0 Å². The molecule has 1 amide bonds. The summed E-state index contributed by atoms with van der Waals surface area (Å²) in [6, 6.07) is 16.7. The van der Waals surface area contributed by atoms with Crippen molar-refractivity contribution in [3.63, 3.8) is 0 Å². The van der Waals surface area contributed by atoms with Gasteiger partial charge >= 0.3 is 6.09 Å². The number of carbonyl (C=O) groups is 1. The second-order valence-electron chi connectivity index (χ2n) is 6.57. The van der Waals surface area contributed by atoms with E-state index in [1.165, 1.54) is 22.3 Å². The average molecular weight is 322 g/mol. The summed E-state index contributed by atoms with van der Waals surface area (Å²) < 4.78 is 5.53. The molecule has 1 aliphatic heterocycles. The van der Waals surface area contributed by atoms with Gasteiger partial charge in [-0.25, -0.2) is 4.79 Å². The van der Waals surface area contributed by atoms with Crippen LogP contribution in [0.1, 0.15) is 23.5 Å². The predicted octanol–water partition coefficient (Wildman–Crippen LogP) is 3.13. The second kappa shape index (κ2) is 6.65. The largest absolute Gasteiger partial charge is 0.449 e. The smallest absolute Gasteiger partial charge is 0.407 e. The summed E-state index contributed by atoms with van der Waals surface area (Å²) in [4.78, 5) is 12.0. The van der Waals surface area contributed by atoms with Crippen LogP contribution in [0.5, 0.6) is 0 Å². The van der Waals surface area contributed by atoms with Gasteiger partial charge < -0.3 is 15.4 Å². The summed E-state index contributed by atoms with van der Waals surface area (Å²) in [5.74, 6) is 0.641. The molecule has 4 nitrogen and oxygen atoms in total. The highest BCUT2D eigenvalue weighted by atomic mass is 16.5. The van der Waals surface area contributed by atoms with Crippen LogP contribution < -0.4 is 10.6 Å². The molecule has 2 aromatic rings. The summed E-state index contributed by atoms with van der Waals surface area (Å²) in [5, 5.41) is 6.20. The number of benzene rings is 2. The number of amides is 1. The van der Waals surface area contributed by atoms with Crippen LogP contribution in [0.25, 0.3) is 11.1 Å². The zero-order valence-electron chi connectivity index (χ0n) is 13.6. The molecule has 1 heterocycles. The van der Waals surface area contributed by atoms with Crippen LogP contribution in [0.15, 0.2) is 48.5 Å². The van der Waals surface area contributed by atoms with Gasteiger partial charge in [-0.05, 0) is 47.7 Å². The van der Waals surface area contributed by atoms with Crippen molar-refractivity contribution in [2.45, 2.75) is 12.3 Å². The Labute approximate surface area is 142 Å². The molecular weight excluding hydrogens is 300 g/mol. The van der Waals surface area contributed by atoms with E-state index in [1.54, 1.807) is 0 Å². The van der Waals surface area contributed by atoms with Crippen LogP contribution in [-0.4, -0.2) is 32.3 Å². The maximum atomic E-state index is 12.0. The van der Waals surface area contributed by atoms with Gasteiger partial charge in [-0.2, -0.15) is 0 Å². The van der Waals surface area contributed by atoms with Gasteiger partial charge in [-0.15, -0.1) is 0 Å². The Hall–Kier alpha value is -2.33. The lowest BCUT2D eigenvalue weighted by molar-refractivity contribution is 0.141. The molecule has 2 aromatic carbocycles. The Morgan fingerprint density at radius 3 is 2.38 bits per heavy atom. The van der Waals surface area contributed by atoms with E-state index >= 15 is 0 Å². The zero-order chi connectivity index (χ0) is 16.4. The molecule has 0 saturated carbocycles. The Morgan fingerprint density at radius 2 is 1.75 bits per heavy atom. The van der Waals surface area contributed by atoms with Gasteiger partial charge in [-0.1, -0.05) is 48.5 Å². The highest BCUT2D eigenvalue weighted by molar-refractivity contribution is 5.79. The zero-order valence-corrected chi connectivity index (χ0v) is 13.6. The molecule has 1 unspecified atom stereocenters. The first-order chi connectivity index (χ1) is 11.8. The number of fused-ring (bicyclic) bond motifs is 3. The Balaban J connectivity index is 1.42. The molecule has 2 N–H and O–H groups in total. The molecule has 2 aliphatic rings. The van der Waals surface area contributed by atoms with Gasteiger partial charge in [0.25, 0.3) is 0 Å². The van der Waals surface area contributed by atoms with Gasteiger partial charge in [0.1, 0.15) is 6.61 Å². The third-order valence-electron chi connectivity index (χ3n) is 5.04. The van der Waals surface area contributed by atoms with Crippen molar-refractivity contribution in [1.29, 1.82) is 0 Å². The van der Waals surface area contributed by atoms with Crippen LogP contribution in [0.3, 0.4) is 0 Å². The maximum Gasteiger partial charge on any atom is 0.407 e. The number of hydrogen-bond donors (Lipinski definition) is 2. The minimum absolute atomic E-state index is 0.122. The van der Waals surface area contributed by atoms with Crippen LogP contribution in [-0.2, 0) is 4.74 Å². The molecule has 0 radical (unpaired) electrons. The summed E-state index contributed by atoms with van der Waals surface area (Å²) in [7, 11) is 0. The molecular formula is C20H22N2O2. The third kappa shape index (κ3) is 2.89. The first kappa shape index (κ1) is 15.2. The molecule has 1 aliphatic carbocycles. The average Bonchev–Trinajstić information content (AvgIpc) is 3.25. The van der Waals surface area contributed by atoms with E-state index < -0.39 is 0 Å². The first-order valence-electron chi connectivity index (χ1n) is 8.62. The standard InChI is InChI=1S/C20H22N2O2/c23-20(22-12-14-9-10-21-11-14)24-13-19-17-7-3-1-5-15(17)16-6-2-4-8-18(16)19/h1-8,14,19,21H,9-13H2,(H,22,23).